The fourth-order valence-corrected chi connectivity index (χ4v) is 6.07. The molecule has 0 unspecified atom stereocenters. The summed E-state index contributed by atoms with van der Waals surface area (Å²) >= 11 is 0. The van der Waals surface area contributed by atoms with Crippen molar-refractivity contribution in [1.29, 1.82) is 0 Å². The van der Waals surface area contributed by atoms with E-state index < -0.39 is 47.9 Å². The van der Waals surface area contributed by atoms with Crippen LogP contribution in [0.25, 0.3) is 11.3 Å². The Morgan fingerprint density at radius 2 is 1.91 bits per heavy atom. The number of halogens is 3. The van der Waals surface area contributed by atoms with Crippen molar-refractivity contribution in [2.45, 2.75) is 44.6 Å². The molecule has 45 heavy (non-hydrogen) atoms. The van der Waals surface area contributed by atoms with Crippen molar-refractivity contribution in [3.05, 3.63) is 77.8 Å². The van der Waals surface area contributed by atoms with Crippen LogP contribution in [0.4, 0.5) is 22.8 Å². The van der Waals surface area contributed by atoms with Crippen molar-refractivity contribution in [2.75, 3.05) is 39.4 Å². The molecule has 4 N–H and O–H groups in total. The van der Waals surface area contributed by atoms with E-state index in [9.17, 15) is 14.0 Å². The molecule has 10 nitrogen and oxygen atoms in total. The number of urea groups is 1. The highest BCUT2D eigenvalue weighted by Gasteiger charge is 2.40. The molecular formula is C32H39F3N6O4. The van der Waals surface area contributed by atoms with Gasteiger partial charge in [-0.2, -0.15) is 0 Å². The van der Waals surface area contributed by atoms with Crippen molar-refractivity contribution >= 4 is 12.1 Å². The maximum absolute atomic E-state index is 15.1. The fraction of sp³-hybridized carbons (Fsp3) is 0.469. The number of nitrogens with zero attached hydrogens (tertiary/aromatic N) is 3. The van der Waals surface area contributed by atoms with E-state index in [0.29, 0.717) is 45.0 Å². The van der Waals surface area contributed by atoms with E-state index >= 15 is 8.78 Å². The minimum absolute atomic E-state index is 0.0121. The molecule has 1 aromatic heterocycles. The van der Waals surface area contributed by atoms with E-state index in [0.717, 1.165) is 23.8 Å². The molecular weight excluding hydrogens is 589 g/mol. The lowest BCUT2D eigenvalue weighted by Crippen LogP contribution is -2.52. The number of benzene rings is 2. The summed E-state index contributed by atoms with van der Waals surface area (Å²) in [5.41, 5.74) is 1.13. The number of rotatable bonds is 11. The number of hydrogen-bond acceptors (Lipinski definition) is 5. The van der Waals surface area contributed by atoms with E-state index in [-0.39, 0.29) is 36.8 Å². The van der Waals surface area contributed by atoms with E-state index in [1.807, 2.05) is 34.9 Å². The van der Waals surface area contributed by atoms with E-state index in [1.165, 1.54) is 0 Å². The molecule has 242 valence electrons. The summed E-state index contributed by atoms with van der Waals surface area (Å²) in [4.78, 5) is 31.7. The third kappa shape index (κ3) is 8.14. The van der Waals surface area contributed by atoms with Crippen molar-refractivity contribution < 1.29 is 32.6 Å². The molecule has 0 aliphatic carbocycles. The molecule has 5 rings (SSSR count). The maximum Gasteiger partial charge on any atom is 0.404 e. The van der Waals surface area contributed by atoms with Crippen LogP contribution in [-0.4, -0.2) is 83.3 Å². The van der Waals surface area contributed by atoms with Crippen LogP contribution < -0.4 is 16.0 Å². The second-order valence-corrected chi connectivity index (χ2v) is 11.7. The quantitative estimate of drug-likeness (QED) is 0.247. The second-order valence-electron chi connectivity index (χ2n) is 11.7. The second kappa shape index (κ2) is 14.8. The minimum Gasteiger partial charge on any atom is -0.465 e. The average molecular weight is 629 g/mol. The number of hydrogen-bond donors (Lipinski definition) is 4. The molecule has 2 aliphatic heterocycles. The normalized spacial score (nSPS) is 20.0. The smallest absolute Gasteiger partial charge is 0.404 e. The van der Waals surface area contributed by atoms with E-state index in [2.05, 4.69) is 16.0 Å². The monoisotopic (exact) mass is 628 g/mol. The topological polar surface area (TPSA) is 121 Å². The lowest BCUT2D eigenvalue weighted by Gasteiger charge is -2.40. The van der Waals surface area contributed by atoms with Gasteiger partial charge in [-0.25, -0.2) is 27.7 Å². The summed E-state index contributed by atoms with van der Waals surface area (Å²) in [5, 5.41) is 17.3. The van der Waals surface area contributed by atoms with Crippen molar-refractivity contribution in [2.24, 2.45) is 11.8 Å². The Kier molecular flexibility index (Phi) is 10.6. The Hall–Kier alpha value is -4.10. The Bertz CT molecular complexity index is 1450. The molecule has 13 heteroatoms. The molecule has 2 saturated heterocycles. The van der Waals surface area contributed by atoms with Gasteiger partial charge < -0.3 is 35.3 Å². The zero-order valence-corrected chi connectivity index (χ0v) is 25.1. The first kappa shape index (κ1) is 32.3. The minimum atomic E-state index is -1.22. The number of carbonyl (C=O) groups is 2. The Labute approximate surface area is 260 Å². The summed E-state index contributed by atoms with van der Waals surface area (Å²) in [6.07, 6.45) is 0.452. The first-order valence-electron chi connectivity index (χ1n) is 15.2. The summed E-state index contributed by atoms with van der Waals surface area (Å²) in [5.74, 6) is -1.44. The van der Waals surface area contributed by atoms with Crippen molar-refractivity contribution in [1.82, 2.24) is 30.4 Å². The number of imidazole rings is 1. The Morgan fingerprint density at radius 3 is 2.60 bits per heavy atom. The Balaban J connectivity index is 1.61. The molecule has 4 atom stereocenters. The standard InChI is InChI=1S/C32H39F3N6O4/c1-20(14-37-32(43)44)38-31(42)41(18-23-15-36-16-27(23)35)29(22-9-11-45-12-10-22)30-39-28(25-13-24(33)7-8-26(25)34)19-40(30)17-21-5-3-2-4-6-21/h2-8,13,19-20,22-23,27,29,36-37H,9-12,14-18H2,1H3,(H,38,42)(H,43,44)/t20-,23-,27-,29+/m0/s1. The lowest BCUT2D eigenvalue weighted by atomic mass is 9.89. The third-order valence-corrected chi connectivity index (χ3v) is 8.40. The number of nitrogens with one attached hydrogen (secondary N) is 3. The first-order valence-corrected chi connectivity index (χ1v) is 15.2. The third-order valence-electron chi connectivity index (χ3n) is 8.40. The van der Waals surface area contributed by atoms with Crippen molar-refractivity contribution in [3.8, 4) is 11.3 Å². The molecule has 3 aromatic rings. The fourth-order valence-electron chi connectivity index (χ4n) is 6.07. The van der Waals surface area contributed by atoms with Crippen LogP contribution in [0.2, 0.25) is 0 Å². The lowest BCUT2D eigenvalue weighted by molar-refractivity contribution is 0.0255. The van der Waals surface area contributed by atoms with Crippen LogP contribution in [0.3, 0.4) is 0 Å². The zero-order valence-electron chi connectivity index (χ0n) is 25.1. The molecule has 2 fully saturated rings. The first-order chi connectivity index (χ1) is 21.7. The van der Waals surface area contributed by atoms with Gasteiger partial charge in [0.2, 0.25) is 0 Å². The predicted molar refractivity (Wildman–Crippen MR) is 161 cm³/mol. The van der Waals surface area contributed by atoms with E-state index in [1.54, 1.807) is 18.0 Å². The highest BCUT2D eigenvalue weighted by molar-refractivity contribution is 5.75. The number of alkyl halides is 1. The van der Waals surface area contributed by atoms with Crippen LogP contribution in [0.5, 0.6) is 0 Å². The van der Waals surface area contributed by atoms with Gasteiger partial charge in [-0.1, -0.05) is 30.3 Å². The molecule has 0 bridgehead atoms. The van der Waals surface area contributed by atoms with Gasteiger partial charge in [-0.05, 0) is 49.4 Å². The molecule has 2 aromatic carbocycles. The maximum atomic E-state index is 15.1. The summed E-state index contributed by atoms with van der Waals surface area (Å²) in [7, 11) is 0. The van der Waals surface area contributed by atoms with Gasteiger partial charge in [0.25, 0.3) is 0 Å². The summed E-state index contributed by atoms with van der Waals surface area (Å²) in [6.45, 7) is 3.50. The van der Waals surface area contributed by atoms with E-state index in [4.69, 9.17) is 14.8 Å². The number of amides is 3. The summed E-state index contributed by atoms with van der Waals surface area (Å²) in [6, 6.07) is 11.0. The van der Waals surface area contributed by atoms with Gasteiger partial charge in [0.15, 0.2) is 0 Å². The van der Waals surface area contributed by atoms with Crippen LogP contribution in [-0.2, 0) is 11.3 Å². The van der Waals surface area contributed by atoms with Gasteiger partial charge in [0, 0.05) is 69.7 Å². The molecule has 0 saturated carbocycles. The number of carboxylic acid groups (broad SMARTS) is 1. The largest absolute Gasteiger partial charge is 0.465 e. The van der Waals surface area contributed by atoms with Gasteiger partial charge in [-0.15, -0.1) is 0 Å². The molecule has 2 aliphatic rings. The number of ether oxygens (including phenoxy) is 1. The highest BCUT2D eigenvalue weighted by atomic mass is 19.1. The molecule has 0 radical (unpaired) electrons. The number of carbonyl (C=O) groups excluding carboxylic acids is 1. The van der Waals surface area contributed by atoms with Crippen LogP contribution in [0.1, 0.15) is 37.2 Å². The van der Waals surface area contributed by atoms with Gasteiger partial charge in [-0.3, -0.25) is 0 Å². The van der Waals surface area contributed by atoms with Gasteiger partial charge in [0.1, 0.15) is 23.6 Å². The van der Waals surface area contributed by atoms with Crippen molar-refractivity contribution in [3.63, 3.8) is 0 Å². The van der Waals surface area contributed by atoms with Crippen LogP contribution >= 0.6 is 0 Å². The number of aromatic nitrogens is 2. The summed E-state index contributed by atoms with van der Waals surface area (Å²) < 4.78 is 51.9. The molecule has 0 spiro atoms. The SMILES string of the molecule is C[C@@H](CNC(=O)O)NC(=O)N(C[C@@H]1CNC[C@@H]1F)[C@@H](c1nc(-c2cc(F)ccc2F)cn1Cc1ccccc1)C1CCOCC1. The predicted octanol–water partition coefficient (Wildman–Crippen LogP) is 4.57. The highest BCUT2D eigenvalue weighted by Crippen LogP contribution is 2.38. The average Bonchev–Trinajstić information content (AvgIpc) is 3.63. The van der Waals surface area contributed by atoms with Gasteiger partial charge >= 0.3 is 12.1 Å². The van der Waals surface area contributed by atoms with Gasteiger partial charge in [0.05, 0.1) is 11.7 Å². The Morgan fingerprint density at radius 1 is 1.16 bits per heavy atom. The molecule has 3 amide bonds. The zero-order chi connectivity index (χ0) is 31.9. The van der Waals surface area contributed by atoms with Crippen LogP contribution in [0, 0.1) is 23.5 Å². The van der Waals surface area contributed by atoms with Crippen LogP contribution in [0.15, 0.2) is 54.7 Å². The molecule has 3 heterocycles.